The predicted octanol–water partition coefficient (Wildman–Crippen LogP) is 1.31. The van der Waals surface area contributed by atoms with E-state index in [1.165, 1.54) is 0 Å². The summed E-state index contributed by atoms with van der Waals surface area (Å²) in [6.07, 6.45) is 3.68. The Morgan fingerprint density at radius 3 is 2.28 bits per heavy atom. The maximum atomic E-state index is 12.0. The number of anilines is 1. The Morgan fingerprint density at radius 2 is 1.50 bits per heavy atom. The first-order chi connectivity index (χ1) is 8.83. The quantitative estimate of drug-likeness (QED) is 0.850. The van der Waals surface area contributed by atoms with E-state index in [1.54, 1.807) is 6.08 Å². The molecule has 3 rings (SSSR count). The first-order valence-corrected chi connectivity index (χ1v) is 5.97. The number of ketones is 1. The highest BCUT2D eigenvalue weighted by molar-refractivity contribution is 6.14. The van der Waals surface area contributed by atoms with E-state index in [9.17, 15) is 4.79 Å². The molecule has 1 aliphatic carbocycles. The summed E-state index contributed by atoms with van der Waals surface area (Å²) in [6, 6.07) is 17.4. The summed E-state index contributed by atoms with van der Waals surface area (Å²) in [5, 5.41) is 5.33. The van der Waals surface area contributed by atoms with E-state index in [2.05, 4.69) is 5.32 Å². The number of fused-ring (bicyclic) bond motifs is 1. The number of carbonyl (C=O) groups excluding carboxylic acids is 1. The summed E-state index contributed by atoms with van der Waals surface area (Å²) >= 11 is 0. The molecule has 0 spiro atoms. The second-order valence-electron chi connectivity index (χ2n) is 4.33. The zero-order chi connectivity index (χ0) is 12.4. The number of hydrogen-bond donors (Lipinski definition) is 1. The van der Waals surface area contributed by atoms with Crippen molar-refractivity contribution < 1.29 is 4.79 Å². The molecule has 0 saturated carbocycles. The number of rotatable bonds is 2. The van der Waals surface area contributed by atoms with Gasteiger partial charge in [-0.05, 0) is 34.7 Å². The minimum Gasteiger partial charge on any atom is -0.372 e. The number of para-hydroxylation sites is 1. The molecule has 2 aromatic rings. The molecule has 0 fully saturated rings. The molecule has 0 aromatic heterocycles. The second-order valence-corrected chi connectivity index (χ2v) is 4.33. The van der Waals surface area contributed by atoms with Gasteiger partial charge < -0.3 is 5.32 Å². The van der Waals surface area contributed by atoms with Crippen LogP contribution in [0.3, 0.4) is 0 Å². The highest BCUT2D eigenvalue weighted by atomic mass is 16.1. The lowest BCUT2D eigenvalue weighted by Gasteiger charge is -2.16. The van der Waals surface area contributed by atoms with Crippen LogP contribution >= 0.6 is 0 Å². The van der Waals surface area contributed by atoms with Crippen molar-refractivity contribution in [3.63, 3.8) is 0 Å². The Morgan fingerprint density at radius 1 is 0.833 bits per heavy atom. The van der Waals surface area contributed by atoms with Crippen LogP contribution in [0.15, 0.2) is 54.6 Å². The van der Waals surface area contributed by atoms with Gasteiger partial charge in [0, 0.05) is 5.69 Å². The van der Waals surface area contributed by atoms with Gasteiger partial charge in [-0.1, -0.05) is 42.5 Å². The molecule has 1 unspecified atom stereocenters. The molecule has 0 heterocycles. The van der Waals surface area contributed by atoms with Gasteiger partial charge in [0.05, 0.1) is 0 Å². The van der Waals surface area contributed by atoms with Gasteiger partial charge in [-0.25, -0.2) is 0 Å². The fraction of sp³-hybridized carbons (Fsp3) is 0.0625. The average Bonchev–Trinajstić information content (AvgIpc) is 2.41. The van der Waals surface area contributed by atoms with E-state index >= 15 is 0 Å². The highest BCUT2D eigenvalue weighted by Crippen LogP contribution is 2.09. The van der Waals surface area contributed by atoms with E-state index in [0.717, 1.165) is 16.1 Å². The molecule has 1 N–H and O–H groups in total. The summed E-state index contributed by atoms with van der Waals surface area (Å²) in [4.78, 5) is 12.0. The van der Waals surface area contributed by atoms with Gasteiger partial charge in [-0.2, -0.15) is 0 Å². The smallest absolute Gasteiger partial charge is 0.182 e. The molecule has 1 aliphatic rings. The van der Waals surface area contributed by atoms with Crippen molar-refractivity contribution in [2.75, 3.05) is 5.32 Å². The summed E-state index contributed by atoms with van der Waals surface area (Å²) in [6.45, 7) is 0. The average molecular weight is 235 g/mol. The lowest BCUT2D eigenvalue weighted by molar-refractivity contribution is -0.113. The van der Waals surface area contributed by atoms with Gasteiger partial charge in [-0.15, -0.1) is 0 Å². The van der Waals surface area contributed by atoms with Crippen molar-refractivity contribution in [3.8, 4) is 0 Å². The van der Waals surface area contributed by atoms with Crippen LogP contribution in [-0.4, -0.2) is 11.8 Å². The Labute approximate surface area is 105 Å². The molecule has 0 radical (unpaired) electrons. The van der Waals surface area contributed by atoms with E-state index in [1.807, 2.05) is 60.7 Å². The lowest BCUT2D eigenvalue weighted by atomic mass is 10.0. The van der Waals surface area contributed by atoms with Gasteiger partial charge >= 0.3 is 0 Å². The summed E-state index contributed by atoms with van der Waals surface area (Å²) < 4.78 is 0. The third-order valence-corrected chi connectivity index (χ3v) is 3.04. The van der Waals surface area contributed by atoms with Crippen LogP contribution in [0, 0.1) is 0 Å². The van der Waals surface area contributed by atoms with Crippen molar-refractivity contribution >= 4 is 23.6 Å². The molecule has 0 saturated heterocycles. The fourth-order valence-corrected chi connectivity index (χ4v) is 2.13. The Kier molecular flexibility index (Phi) is 2.69. The van der Waals surface area contributed by atoms with Crippen molar-refractivity contribution in [2.24, 2.45) is 0 Å². The van der Waals surface area contributed by atoms with E-state index < -0.39 is 0 Å². The third-order valence-electron chi connectivity index (χ3n) is 3.04. The van der Waals surface area contributed by atoms with Crippen LogP contribution in [-0.2, 0) is 4.79 Å². The molecule has 0 aliphatic heterocycles. The molecule has 0 bridgehead atoms. The van der Waals surface area contributed by atoms with E-state index in [0.29, 0.717) is 0 Å². The van der Waals surface area contributed by atoms with Crippen molar-refractivity contribution in [1.82, 2.24) is 0 Å². The van der Waals surface area contributed by atoms with Crippen molar-refractivity contribution in [3.05, 3.63) is 65.0 Å². The maximum Gasteiger partial charge on any atom is 0.182 e. The minimum atomic E-state index is -0.276. The Bertz CT molecular complexity index is 689. The zero-order valence-corrected chi connectivity index (χ0v) is 9.84. The third kappa shape index (κ3) is 2.05. The van der Waals surface area contributed by atoms with Gasteiger partial charge in [0.15, 0.2) is 5.78 Å². The molecule has 18 heavy (non-hydrogen) atoms. The number of benzene rings is 2. The molecule has 88 valence electrons. The SMILES string of the molecule is O=C1C=c2ccccc2=CC1Nc1ccccc1. The first kappa shape index (κ1) is 10.8. The summed E-state index contributed by atoms with van der Waals surface area (Å²) in [7, 11) is 0. The molecular formula is C16H13NO. The van der Waals surface area contributed by atoms with E-state index in [4.69, 9.17) is 0 Å². The Balaban J connectivity index is 1.96. The Hall–Kier alpha value is -2.35. The topological polar surface area (TPSA) is 29.1 Å². The van der Waals surface area contributed by atoms with Gasteiger partial charge in [0.2, 0.25) is 0 Å². The monoisotopic (exact) mass is 235 g/mol. The number of carbonyl (C=O) groups is 1. The fourth-order valence-electron chi connectivity index (χ4n) is 2.13. The second kappa shape index (κ2) is 4.49. The molecule has 0 amide bonds. The number of Topliss-reactive ketones (excluding diaryl/α,β-unsaturated/α-hetero) is 1. The molecule has 2 nitrogen and oxygen atoms in total. The minimum absolute atomic E-state index is 0.0950. The normalized spacial score (nSPS) is 17.3. The maximum absolute atomic E-state index is 12.0. The summed E-state index contributed by atoms with van der Waals surface area (Å²) in [5.41, 5.74) is 0.958. The molecule has 2 aromatic carbocycles. The van der Waals surface area contributed by atoms with E-state index in [-0.39, 0.29) is 11.8 Å². The predicted molar refractivity (Wildman–Crippen MR) is 73.5 cm³/mol. The van der Waals surface area contributed by atoms with Crippen molar-refractivity contribution in [1.29, 1.82) is 0 Å². The number of nitrogens with one attached hydrogen (secondary N) is 1. The van der Waals surface area contributed by atoms with Crippen LogP contribution < -0.4 is 15.8 Å². The number of hydrogen-bond acceptors (Lipinski definition) is 2. The molecule has 2 heteroatoms. The van der Waals surface area contributed by atoms with Gasteiger partial charge in [0.1, 0.15) is 6.04 Å². The van der Waals surface area contributed by atoms with Crippen LogP contribution in [0.1, 0.15) is 0 Å². The van der Waals surface area contributed by atoms with Crippen molar-refractivity contribution in [2.45, 2.75) is 6.04 Å². The molecule has 1 atom stereocenters. The van der Waals surface area contributed by atoms with Gasteiger partial charge in [0.25, 0.3) is 0 Å². The largest absolute Gasteiger partial charge is 0.372 e. The lowest BCUT2D eigenvalue weighted by Crippen LogP contribution is -2.38. The highest BCUT2D eigenvalue weighted by Gasteiger charge is 2.15. The van der Waals surface area contributed by atoms with Gasteiger partial charge in [-0.3, -0.25) is 4.79 Å². The summed E-state index contributed by atoms with van der Waals surface area (Å²) in [5.74, 6) is 0.0950. The van der Waals surface area contributed by atoms with Crippen LogP contribution in [0.5, 0.6) is 0 Å². The van der Waals surface area contributed by atoms with Crippen LogP contribution in [0.25, 0.3) is 12.2 Å². The van der Waals surface area contributed by atoms with Crippen LogP contribution in [0.4, 0.5) is 5.69 Å². The zero-order valence-electron chi connectivity index (χ0n) is 9.84. The first-order valence-electron chi connectivity index (χ1n) is 5.97. The standard InChI is InChI=1S/C16H13NO/c18-16-11-13-7-5-4-6-12(13)10-15(16)17-14-8-2-1-3-9-14/h1-11,15,17H. The van der Waals surface area contributed by atoms with Crippen LogP contribution in [0.2, 0.25) is 0 Å². The molecular weight excluding hydrogens is 222 g/mol.